The van der Waals surface area contributed by atoms with Crippen molar-refractivity contribution in [1.29, 1.82) is 0 Å². The number of aliphatic carboxylic acids is 1. The maximum absolute atomic E-state index is 11.8. The van der Waals surface area contributed by atoms with Crippen molar-refractivity contribution in [2.24, 2.45) is 5.92 Å². The first-order valence-corrected chi connectivity index (χ1v) is 6.70. The van der Waals surface area contributed by atoms with Crippen LogP contribution >= 0.6 is 0 Å². The van der Waals surface area contributed by atoms with Gasteiger partial charge in [-0.3, -0.25) is 4.79 Å². The molecule has 0 aliphatic carbocycles. The fourth-order valence-electron chi connectivity index (χ4n) is 2.16. The molecule has 0 radical (unpaired) electrons. The molecule has 1 rings (SSSR count). The van der Waals surface area contributed by atoms with Crippen LogP contribution in [0.1, 0.15) is 30.0 Å². The standard InChI is InChI=1S/C15H22N2O3/c1-5-12(14(18)19)8-16-15(20)17-13-10(3)6-9(2)7-11(13)4/h6-7,12H,5,8H2,1-4H3,(H,18,19)(H2,16,17,20). The number of carbonyl (C=O) groups excluding carboxylic acids is 1. The Balaban J connectivity index is 2.66. The van der Waals surface area contributed by atoms with E-state index in [1.807, 2.05) is 32.9 Å². The molecule has 110 valence electrons. The molecule has 0 aliphatic rings. The smallest absolute Gasteiger partial charge is 0.319 e. The number of carboxylic acids is 1. The Morgan fingerprint density at radius 3 is 2.20 bits per heavy atom. The van der Waals surface area contributed by atoms with E-state index >= 15 is 0 Å². The van der Waals surface area contributed by atoms with Gasteiger partial charge in [0.2, 0.25) is 0 Å². The van der Waals surface area contributed by atoms with Crippen molar-refractivity contribution >= 4 is 17.7 Å². The molecule has 1 aromatic carbocycles. The van der Waals surface area contributed by atoms with Crippen LogP contribution in [-0.2, 0) is 4.79 Å². The lowest BCUT2D eigenvalue weighted by Gasteiger charge is -2.15. The molecule has 2 amide bonds. The van der Waals surface area contributed by atoms with Crippen LogP contribution in [0.15, 0.2) is 12.1 Å². The molecule has 0 heterocycles. The second kappa shape index (κ2) is 6.93. The number of anilines is 1. The van der Waals surface area contributed by atoms with Gasteiger partial charge in [-0.05, 0) is 38.3 Å². The third kappa shape index (κ3) is 4.26. The highest BCUT2D eigenvalue weighted by Crippen LogP contribution is 2.21. The first-order valence-electron chi connectivity index (χ1n) is 6.70. The highest BCUT2D eigenvalue weighted by atomic mass is 16.4. The molecule has 1 unspecified atom stereocenters. The van der Waals surface area contributed by atoms with Crippen molar-refractivity contribution in [2.75, 3.05) is 11.9 Å². The van der Waals surface area contributed by atoms with Gasteiger partial charge in [0.15, 0.2) is 0 Å². The topological polar surface area (TPSA) is 78.4 Å². The molecule has 0 saturated heterocycles. The first kappa shape index (κ1) is 16.0. The summed E-state index contributed by atoms with van der Waals surface area (Å²) in [5.41, 5.74) is 3.89. The Morgan fingerprint density at radius 1 is 1.20 bits per heavy atom. The Morgan fingerprint density at radius 2 is 1.75 bits per heavy atom. The lowest BCUT2D eigenvalue weighted by atomic mass is 10.1. The summed E-state index contributed by atoms with van der Waals surface area (Å²) in [6.07, 6.45) is 0.484. The zero-order chi connectivity index (χ0) is 15.3. The monoisotopic (exact) mass is 278 g/mol. The molecule has 0 spiro atoms. The Kier molecular flexibility index (Phi) is 5.55. The van der Waals surface area contributed by atoms with Crippen molar-refractivity contribution in [3.63, 3.8) is 0 Å². The van der Waals surface area contributed by atoms with Gasteiger partial charge >= 0.3 is 12.0 Å². The van der Waals surface area contributed by atoms with Gasteiger partial charge < -0.3 is 15.7 Å². The van der Waals surface area contributed by atoms with Crippen molar-refractivity contribution in [3.8, 4) is 0 Å². The SMILES string of the molecule is CCC(CNC(=O)Nc1c(C)cc(C)cc1C)C(=O)O. The predicted octanol–water partition coefficient (Wildman–Crippen LogP) is 2.84. The highest BCUT2D eigenvalue weighted by molar-refractivity contribution is 5.91. The molecule has 0 aliphatic heterocycles. The predicted molar refractivity (Wildman–Crippen MR) is 79.1 cm³/mol. The molecule has 0 fully saturated rings. The molecule has 0 saturated carbocycles. The molecule has 5 nitrogen and oxygen atoms in total. The Hall–Kier alpha value is -2.04. The first-order chi connectivity index (χ1) is 9.35. The molecule has 0 bridgehead atoms. The van der Waals surface area contributed by atoms with Gasteiger partial charge in [-0.2, -0.15) is 0 Å². The number of amides is 2. The fraction of sp³-hybridized carbons (Fsp3) is 0.467. The van der Waals surface area contributed by atoms with Crippen LogP contribution in [0.2, 0.25) is 0 Å². The molecule has 20 heavy (non-hydrogen) atoms. The minimum atomic E-state index is -0.893. The van der Waals surface area contributed by atoms with Crippen molar-refractivity contribution in [1.82, 2.24) is 5.32 Å². The molecule has 3 N–H and O–H groups in total. The number of rotatable bonds is 5. The third-order valence-corrected chi connectivity index (χ3v) is 3.27. The number of nitrogens with one attached hydrogen (secondary N) is 2. The van der Waals surface area contributed by atoms with Gasteiger partial charge in [-0.1, -0.05) is 24.6 Å². The Labute approximate surface area is 119 Å². The van der Waals surface area contributed by atoms with Gasteiger partial charge in [0.05, 0.1) is 5.92 Å². The number of hydrogen-bond acceptors (Lipinski definition) is 2. The van der Waals surface area contributed by atoms with Gasteiger partial charge in [-0.25, -0.2) is 4.79 Å². The summed E-state index contributed by atoms with van der Waals surface area (Å²) in [5, 5.41) is 14.3. The lowest BCUT2D eigenvalue weighted by Crippen LogP contribution is -2.35. The van der Waals surface area contributed by atoms with E-state index in [0.717, 1.165) is 22.4 Å². The summed E-state index contributed by atoms with van der Waals surface area (Å²) in [6.45, 7) is 7.78. The van der Waals surface area contributed by atoms with Crippen LogP contribution in [0.4, 0.5) is 10.5 Å². The van der Waals surface area contributed by atoms with Gasteiger partial charge in [0.25, 0.3) is 0 Å². The van der Waals surface area contributed by atoms with Crippen LogP contribution in [0.25, 0.3) is 0 Å². The Bertz CT molecular complexity index is 489. The summed E-state index contributed by atoms with van der Waals surface area (Å²) in [4.78, 5) is 22.7. The van der Waals surface area contributed by atoms with Crippen LogP contribution in [0.5, 0.6) is 0 Å². The van der Waals surface area contributed by atoms with Gasteiger partial charge in [-0.15, -0.1) is 0 Å². The molecule has 1 atom stereocenters. The van der Waals surface area contributed by atoms with E-state index in [4.69, 9.17) is 5.11 Å². The van der Waals surface area contributed by atoms with Crippen LogP contribution in [0, 0.1) is 26.7 Å². The maximum atomic E-state index is 11.8. The zero-order valence-corrected chi connectivity index (χ0v) is 12.4. The van der Waals surface area contributed by atoms with Crippen LogP contribution < -0.4 is 10.6 Å². The van der Waals surface area contributed by atoms with E-state index in [0.29, 0.717) is 6.42 Å². The number of aryl methyl sites for hydroxylation is 3. The molecule has 1 aromatic rings. The van der Waals surface area contributed by atoms with E-state index in [9.17, 15) is 9.59 Å². The van der Waals surface area contributed by atoms with Crippen molar-refractivity contribution < 1.29 is 14.7 Å². The van der Waals surface area contributed by atoms with Crippen LogP contribution in [-0.4, -0.2) is 23.7 Å². The largest absolute Gasteiger partial charge is 0.481 e. The molecular weight excluding hydrogens is 256 g/mol. The molecule has 0 aromatic heterocycles. The molecular formula is C15H22N2O3. The average molecular weight is 278 g/mol. The van der Waals surface area contributed by atoms with E-state index in [1.54, 1.807) is 6.92 Å². The maximum Gasteiger partial charge on any atom is 0.319 e. The van der Waals surface area contributed by atoms with Crippen molar-refractivity contribution in [2.45, 2.75) is 34.1 Å². The lowest BCUT2D eigenvalue weighted by molar-refractivity contribution is -0.141. The normalized spacial score (nSPS) is 11.8. The van der Waals surface area contributed by atoms with E-state index < -0.39 is 11.9 Å². The third-order valence-electron chi connectivity index (χ3n) is 3.27. The average Bonchev–Trinajstić information content (AvgIpc) is 2.34. The summed E-state index contributed by atoms with van der Waals surface area (Å²) < 4.78 is 0. The fourth-order valence-corrected chi connectivity index (χ4v) is 2.16. The van der Waals surface area contributed by atoms with Gasteiger partial charge in [0.1, 0.15) is 0 Å². The second-order valence-electron chi connectivity index (χ2n) is 5.05. The molecule has 5 heteroatoms. The zero-order valence-electron chi connectivity index (χ0n) is 12.4. The van der Waals surface area contributed by atoms with E-state index in [1.165, 1.54) is 0 Å². The number of urea groups is 1. The second-order valence-corrected chi connectivity index (χ2v) is 5.05. The highest BCUT2D eigenvalue weighted by Gasteiger charge is 2.16. The summed E-state index contributed by atoms with van der Waals surface area (Å²) in [5.74, 6) is -1.45. The minimum Gasteiger partial charge on any atom is -0.481 e. The van der Waals surface area contributed by atoms with E-state index in [-0.39, 0.29) is 12.6 Å². The van der Waals surface area contributed by atoms with Crippen LogP contribution in [0.3, 0.4) is 0 Å². The van der Waals surface area contributed by atoms with E-state index in [2.05, 4.69) is 10.6 Å². The number of carbonyl (C=O) groups is 2. The number of carboxylic acid groups (broad SMARTS) is 1. The minimum absolute atomic E-state index is 0.127. The summed E-state index contributed by atoms with van der Waals surface area (Å²) in [7, 11) is 0. The van der Waals surface area contributed by atoms with Gasteiger partial charge in [0, 0.05) is 12.2 Å². The summed E-state index contributed by atoms with van der Waals surface area (Å²) in [6, 6.07) is 3.61. The summed E-state index contributed by atoms with van der Waals surface area (Å²) >= 11 is 0. The number of benzene rings is 1. The van der Waals surface area contributed by atoms with Crippen molar-refractivity contribution in [3.05, 3.63) is 28.8 Å². The number of hydrogen-bond donors (Lipinski definition) is 3. The quantitative estimate of drug-likeness (QED) is 0.775.